The molecule has 2 atom stereocenters. The van der Waals surface area contributed by atoms with Crippen molar-refractivity contribution in [1.29, 1.82) is 0 Å². The van der Waals surface area contributed by atoms with Crippen molar-refractivity contribution in [3.8, 4) is 11.3 Å². The van der Waals surface area contributed by atoms with Crippen LogP contribution in [-0.4, -0.2) is 25.7 Å². The number of pyridine rings is 1. The molecule has 2 aromatic rings. The van der Waals surface area contributed by atoms with Crippen molar-refractivity contribution in [2.45, 2.75) is 57.1 Å². The van der Waals surface area contributed by atoms with Gasteiger partial charge in [-0.2, -0.15) is 0 Å². The molecule has 1 aliphatic carbocycles. The molecule has 1 saturated carbocycles. The second-order valence-electron chi connectivity index (χ2n) is 6.77. The van der Waals surface area contributed by atoms with Gasteiger partial charge in [-0.3, -0.25) is 4.98 Å². The molecule has 4 nitrogen and oxygen atoms in total. The molecule has 3 heterocycles. The van der Waals surface area contributed by atoms with E-state index < -0.39 is 0 Å². The average Bonchev–Trinajstić information content (AvgIpc) is 3.12. The zero-order chi connectivity index (χ0) is 14.9. The molecule has 0 radical (unpaired) electrons. The van der Waals surface area contributed by atoms with E-state index in [-0.39, 0.29) is 12.1 Å². The molecule has 0 spiro atoms. The number of aliphatic hydroxyl groups is 1. The average molecular weight is 297 g/mol. The summed E-state index contributed by atoms with van der Waals surface area (Å²) in [6.07, 6.45) is 13.6. The van der Waals surface area contributed by atoms with E-state index in [9.17, 15) is 5.11 Å². The maximum absolute atomic E-state index is 10.6. The fraction of sp³-hybridized carbons (Fsp3) is 0.556. The number of aliphatic hydroxyl groups excluding tert-OH is 1. The van der Waals surface area contributed by atoms with E-state index in [1.165, 1.54) is 32.1 Å². The Bertz CT molecular complexity index is 645. The van der Waals surface area contributed by atoms with Gasteiger partial charge >= 0.3 is 0 Å². The molecular weight excluding hydrogens is 274 g/mol. The van der Waals surface area contributed by atoms with Crippen LogP contribution in [0.3, 0.4) is 0 Å². The molecule has 22 heavy (non-hydrogen) atoms. The predicted molar refractivity (Wildman–Crippen MR) is 85.4 cm³/mol. The standard InChI is InChI=1S/C18H23N3O/c22-14(9-13-5-2-1-3-6-13)10-16-18-15(7-4-8-20-18)17-11-19-12-21(16)17/h4,7-8,11-14,16,22H,1-3,5-6,9-10H2. The Labute approximate surface area is 131 Å². The quantitative estimate of drug-likeness (QED) is 0.938. The number of imidazole rings is 1. The van der Waals surface area contributed by atoms with Gasteiger partial charge in [-0.1, -0.05) is 32.1 Å². The zero-order valence-corrected chi connectivity index (χ0v) is 12.9. The minimum absolute atomic E-state index is 0.132. The topological polar surface area (TPSA) is 50.9 Å². The van der Waals surface area contributed by atoms with E-state index >= 15 is 0 Å². The van der Waals surface area contributed by atoms with Crippen molar-refractivity contribution in [1.82, 2.24) is 14.5 Å². The lowest BCUT2D eigenvalue weighted by atomic mass is 9.84. The highest BCUT2D eigenvalue weighted by molar-refractivity contribution is 5.66. The third-order valence-corrected chi connectivity index (χ3v) is 5.26. The van der Waals surface area contributed by atoms with Gasteiger partial charge < -0.3 is 9.67 Å². The molecule has 2 unspecified atom stereocenters. The van der Waals surface area contributed by atoms with Crippen LogP contribution >= 0.6 is 0 Å². The van der Waals surface area contributed by atoms with Crippen molar-refractivity contribution in [2.75, 3.05) is 0 Å². The van der Waals surface area contributed by atoms with E-state index in [0.29, 0.717) is 5.92 Å². The number of hydrogen-bond acceptors (Lipinski definition) is 3. The normalized spacial score (nSPS) is 22.3. The fourth-order valence-corrected chi connectivity index (χ4v) is 4.18. The van der Waals surface area contributed by atoms with Crippen molar-refractivity contribution in [2.24, 2.45) is 5.92 Å². The zero-order valence-electron chi connectivity index (χ0n) is 12.9. The van der Waals surface area contributed by atoms with Gasteiger partial charge in [0, 0.05) is 11.8 Å². The molecule has 116 valence electrons. The third-order valence-electron chi connectivity index (χ3n) is 5.26. The van der Waals surface area contributed by atoms with E-state index in [4.69, 9.17) is 0 Å². The molecule has 4 rings (SSSR count). The highest BCUT2D eigenvalue weighted by atomic mass is 16.3. The van der Waals surface area contributed by atoms with Gasteiger partial charge in [-0.15, -0.1) is 0 Å². The summed E-state index contributed by atoms with van der Waals surface area (Å²) in [7, 11) is 0. The first-order valence-electron chi connectivity index (χ1n) is 8.48. The van der Waals surface area contributed by atoms with Crippen molar-refractivity contribution in [3.05, 3.63) is 36.5 Å². The Balaban J connectivity index is 1.50. The highest BCUT2D eigenvalue weighted by Crippen LogP contribution is 2.40. The van der Waals surface area contributed by atoms with E-state index in [0.717, 1.165) is 29.8 Å². The first-order chi connectivity index (χ1) is 10.8. The van der Waals surface area contributed by atoms with Crippen molar-refractivity contribution in [3.63, 3.8) is 0 Å². The lowest BCUT2D eigenvalue weighted by Crippen LogP contribution is -2.20. The second-order valence-corrected chi connectivity index (χ2v) is 6.77. The Morgan fingerprint density at radius 2 is 2.09 bits per heavy atom. The Morgan fingerprint density at radius 1 is 1.23 bits per heavy atom. The van der Waals surface area contributed by atoms with Crippen LogP contribution in [0.2, 0.25) is 0 Å². The molecule has 0 saturated heterocycles. The van der Waals surface area contributed by atoms with Gasteiger partial charge in [0.15, 0.2) is 0 Å². The molecule has 2 aromatic heterocycles. The molecule has 1 aliphatic heterocycles. The first kappa shape index (κ1) is 13.9. The summed E-state index contributed by atoms with van der Waals surface area (Å²) in [6.45, 7) is 0. The van der Waals surface area contributed by atoms with Crippen molar-refractivity contribution < 1.29 is 5.11 Å². The summed E-state index contributed by atoms with van der Waals surface area (Å²) in [6, 6.07) is 4.20. The van der Waals surface area contributed by atoms with Crippen LogP contribution in [0.4, 0.5) is 0 Å². The fourth-order valence-electron chi connectivity index (χ4n) is 4.18. The van der Waals surface area contributed by atoms with Gasteiger partial charge in [0.25, 0.3) is 0 Å². The van der Waals surface area contributed by atoms with Crippen LogP contribution in [0, 0.1) is 5.92 Å². The number of fused-ring (bicyclic) bond motifs is 3. The largest absolute Gasteiger partial charge is 0.393 e. The minimum Gasteiger partial charge on any atom is -0.393 e. The minimum atomic E-state index is -0.253. The SMILES string of the molecule is OC(CC1CCCCC1)CC1c2ncccc2-c2cncn21. The summed E-state index contributed by atoms with van der Waals surface area (Å²) in [5.41, 5.74) is 3.37. The monoisotopic (exact) mass is 297 g/mol. The molecule has 0 aromatic carbocycles. The summed E-state index contributed by atoms with van der Waals surface area (Å²) in [5.74, 6) is 0.704. The number of hydrogen-bond donors (Lipinski definition) is 1. The Hall–Kier alpha value is -1.68. The lowest BCUT2D eigenvalue weighted by Gasteiger charge is -2.25. The van der Waals surface area contributed by atoms with Gasteiger partial charge in [-0.05, 0) is 30.9 Å². The molecule has 1 fully saturated rings. The van der Waals surface area contributed by atoms with Gasteiger partial charge in [0.2, 0.25) is 0 Å². The van der Waals surface area contributed by atoms with E-state index in [1.807, 2.05) is 24.8 Å². The summed E-state index contributed by atoms with van der Waals surface area (Å²) in [5, 5.41) is 10.6. The van der Waals surface area contributed by atoms with Gasteiger partial charge in [0.05, 0.1) is 36.1 Å². The Morgan fingerprint density at radius 3 is 2.95 bits per heavy atom. The predicted octanol–water partition coefficient (Wildman–Crippen LogP) is 3.57. The molecule has 0 bridgehead atoms. The molecule has 1 N–H and O–H groups in total. The molecule has 2 aliphatic rings. The van der Waals surface area contributed by atoms with Crippen LogP contribution in [0.25, 0.3) is 11.3 Å². The number of rotatable bonds is 4. The lowest BCUT2D eigenvalue weighted by molar-refractivity contribution is 0.111. The second kappa shape index (κ2) is 5.84. The first-order valence-corrected chi connectivity index (χ1v) is 8.48. The number of nitrogens with zero attached hydrogens (tertiary/aromatic N) is 3. The van der Waals surface area contributed by atoms with E-state index in [1.54, 1.807) is 0 Å². The molecular formula is C18H23N3O. The summed E-state index contributed by atoms with van der Waals surface area (Å²) < 4.78 is 2.17. The van der Waals surface area contributed by atoms with Gasteiger partial charge in [-0.25, -0.2) is 4.98 Å². The number of aromatic nitrogens is 3. The molecule has 0 amide bonds. The highest BCUT2D eigenvalue weighted by Gasteiger charge is 2.31. The van der Waals surface area contributed by atoms with Crippen LogP contribution < -0.4 is 0 Å². The van der Waals surface area contributed by atoms with Crippen molar-refractivity contribution >= 4 is 0 Å². The van der Waals surface area contributed by atoms with Gasteiger partial charge in [0.1, 0.15) is 0 Å². The molecule has 4 heteroatoms. The maximum atomic E-state index is 10.6. The smallest absolute Gasteiger partial charge is 0.0957 e. The maximum Gasteiger partial charge on any atom is 0.0957 e. The summed E-state index contributed by atoms with van der Waals surface area (Å²) in [4.78, 5) is 8.84. The Kier molecular flexibility index (Phi) is 3.70. The van der Waals surface area contributed by atoms with E-state index in [2.05, 4.69) is 20.6 Å². The van der Waals surface area contributed by atoms with Crippen LogP contribution in [-0.2, 0) is 0 Å². The van der Waals surface area contributed by atoms with Crippen LogP contribution in [0.15, 0.2) is 30.9 Å². The summed E-state index contributed by atoms with van der Waals surface area (Å²) >= 11 is 0. The van der Waals surface area contributed by atoms with Crippen LogP contribution in [0.5, 0.6) is 0 Å². The van der Waals surface area contributed by atoms with Crippen LogP contribution in [0.1, 0.15) is 56.7 Å². The third kappa shape index (κ3) is 2.45.